The maximum Gasteiger partial charge on any atom is 0.319 e. The van der Waals surface area contributed by atoms with Crippen LogP contribution in [0.5, 0.6) is 0 Å². The number of hydrogen-bond acceptors (Lipinski definition) is 2. The molecule has 0 radical (unpaired) electrons. The number of hydrogen-bond donors (Lipinski definition) is 3. The normalized spacial score (nSPS) is 16.1. The number of urea groups is 1. The Kier molecular flexibility index (Phi) is 3.87. The van der Waals surface area contributed by atoms with Gasteiger partial charge in [-0.1, -0.05) is 12.5 Å². The van der Waals surface area contributed by atoms with Crippen LogP contribution in [0, 0.1) is 17.0 Å². The molecule has 20 heavy (non-hydrogen) atoms. The van der Waals surface area contributed by atoms with E-state index in [1.165, 1.54) is 12.1 Å². The van der Waals surface area contributed by atoms with Crippen LogP contribution in [-0.4, -0.2) is 23.7 Å². The summed E-state index contributed by atoms with van der Waals surface area (Å²) in [5.41, 5.74) is -1.22. The number of carbonyl (C=O) groups excluding carboxylic acids is 1. The van der Waals surface area contributed by atoms with Crippen molar-refractivity contribution in [3.05, 3.63) is 29.8 Å². The van der Waals surface area contributed by atoms with E-state index in [4.69, 9.17) is 5.11 Å². The molecule has 1 saturated carbocycles. The van der Waals surface area contributed by atoms with E-state index in [0.29, 0.717) is 12.8 Å². The molecule has 1 aliphatic rings. The van der Waals surface area contributed by atoms with Crippen LogP contribution in [0.4, 0.5) is 19.3 Å². The molecule has 0 bridgehead atoms. The van der Waals surface area contributed by atoms with Crippen LogP contribution in [0.1, 0.15) is 19.3 Å². The van der Waals surface area contributed by atoms with E-state index in [2.05, 4.69) is 10.6 Å². The maximum absolute atomic E-state index is 13.3. The number of nitrogens with one attached hydrogen (secondary N) is 2. The average molecular weight is 284 g/mol. The van der Waals surface area contributed by atoms with Crippen LogP contribution in [0.25, 0.3) is 0 Å². The van der Waals surface area contributed by atoms with Gasteiger partial charge in [0.05, 0.1) is 11.1 Å². The fraction of sp³-hybridized carbons (Fsp3) is 0.385. The summed E-state index contributed by atoms with van der Waals surface area (Å²) in [6, 6.07) is 2.65. The standard InChI is InChI=1S/C13H14F2N2O3/c14-8-3-1-4-9(10(8)15)17-12(20)16-7-13(11(18)19)5-2-6-13/h1,3-4H,2,5-7H2,(H,18,19)(H2,16,17,20). The minimum Gasteiger partial charge on any atom is -0.481 e. The molecule has 0 aliphatic heterocycles. The van der Waals surface area contributed by atoms with Gasteiger partial charge in [-0.25, -0.2) is 13.6 Å². The minimum absolute atomic E-state index is 0.0366. The summed E-state index contributed by atoms with van der Waals surface area (Å²) in [4.78, 5) is 22.7. The number of carboxylic acid groups (broad SMARTS) is 1. The van der Waals surface area contributed by atoms with Crippen LogP contribution >= 0.6 is 0 Å². The Balaban J connectivity index is 1.93. The van der Waals surface area contributed by atoms with E-state index in [9.17, 15) is 18.4 Å². The monoisotopic (exact) mass is 284 g/mol. The Bertz CT molecular complexity index is 544. The van der Waals surface area contributed by atoms with E-state index in [-0.39, 0.29) is 12.2 Å². The second-order valence-electron chi connectivity index (χ2n) is 4.85. The average Bonchev–Trinajstić information content (AvgIpc) is 2.33. The minimum atomic E-state index is -1.15. The fourth-order valence-electron chi connectivity index (χ4n) is 2.09. The van der Waals surface area contributed by atoms with E-state index >= 15 is 0 Å². The number of benzene rings is 1. The van der Waals surface area contributed by atoms with Crippen molar-refractivity contribution in [1.82, 2.24) is 5.32 Å². The van der Waals surface area contributed by atoms with Crippen molar-refractivity contribution >= 4 is 17.7 Å². The first kappa shape index (κ1) is 14.2. The number of anilines is 1. The number of amides is 2. The van der Waals surface area contributed by atoms with Gasteiger partial charge in [0.25, 0.3) is 0 Å². The van der Waals surface area contributed by atoms with Gasteiger partial charge in [-0.2, -0.15) is 0 Å². The van der Waals surface area contributed by atoms with Crippen molar-refractivity contribution in [2.45, 2.75) is 19.3 Å². The van der Waals surface area contributed by atoms with Gasteiger partial charge in [0.1, 0.15) is 0 Å². The van der Waals surface area contributed by atoms with Gasteiger partial charge in [0.15, 0.2) is 11.6 Å². The predicted molar refractivity (Wildman–Crippen MR) is 67.3 cm³/mol. The van der Waals surface area contributed by atoms with Crippen molar-refractivity contribution < 1.29 is 23.5 Å². The first-order valence-corrected chi connectivity index (χ1v) is 6.17. The lowest BCUT2D eigenvalue weighted by Gasteiger charge is -2.37. The number of carboxylic acids is 1. The summed E-state index contributed by atoms with van der Waals surface area (Å²) in [7, 11) is 0. The Labute approximate surface area is 114 Å². The molecule has 0 unspecified atom stereocenters. The van der Waals surface area contributed by atoms with Crippen molar-refractivity contribution in [2.75, 3.05) is 11.9 Å². The van der Waals surface area contributed by atoms with Crippen LogP contribution in [0.2, 0.25) is 0 Å². The molecule has 3 N–H and O–H groups in total. The smallest absolute Gasteiger partial charge is 0.319 e. The molecule has 2 rings (SSSR count). The first-order chi connectivity index (χ1) is 9.44. The molecule has 108 valence electrons. The predicted octanol–water partition coefficient (Wildman–Crippen LogP) is 2.34. The number of halogens is 2. The van der Waals surface area contributed by atoms with Crippen molar-refractivity contribution in [3.63, 3.8) is 0 Å². The second kappa shape index (κ2) is 5.44. The molecule has 7 heteroatoms. The van der Waals surface area contributed by atoms with E-state index in [1.807, 2.05) is 0 Å². The van der Waals surface area contributed by atoms with Gasteiger partial charge in [0.2, 0.25) is 0 Å². The zero-order chi connectivity index (χ0) is 14.8. The Morgan fingerprint density at radius 2 is 2.00 bits per heavy atom. The summed E-state index contributed by atoms with van der Waals surface area (Å²) in [5.74, 6) is -3.18. The Morgan fingerprint density at radius 1 is 1.30 bits per heavy atom. The molecule has 1 aromatic rings. The summed E-state index contributed by atoms with van der Waals surface area (Å²) in [6.07, 6.45) is 1.79. The summed E-state index contributed by atoms with van der Waals surface area (Å²) >= 11 is 0. The third-order valence-corrected chi connectivity index (χ3v) is 3.55. The van der Waals surface area contributed by atoms with E-state index < -0.39 is 29.0 Å². The molecule has 0 heterocycles. The summed E-state index contributed by atoms with van der Waals surface area (Å²) in [5, 5.41) is 13.6. The molecule has 0 atom stereocenters. The highest BCUT2D eigenvalue weighted by atomic mass is 19.2. The molecule has 0 aromatic heterocycles. The lowest BCUT2D eigenvalue weighted by molar-refractivity contribution is -0.153. The molecular weight excluding hydrogens is 270 g/mol. The van der Waals surface area contributed by atoms with Crippen molar-refractivity contribution in [3.8, 4) is 0 Å². The van der Waals surface area contributed by atoms with Gasteiger partial charge in [-0.3, -0.25) is 4.79 Å². The molecule has 1 aliphatic carbocycles. The molecule has 1 fully saturated rings. The highest BCUT2D eigenvalue weighted by Crippen LogP contribution is 2.40. The quantitative estimate of drug-likeness (QED) is 0.794. The molecular formula is C13H14F2N2O3. The largest absolute Gasteiger partial charge is 0.481 e. The first-order valence-electron chi connectivity index (χ1n) is 6.17. The van der Waals surface area contributed by atoms with Gasteiger partial charge < -0.3 is 15.7 Å². The fourth-order valence-corrected chi connectivity index (χ4v) is 2.09. The lowest BCUT2D eigenvalue weighted by atomic mass is 9.69. The van der Waals surface area contributed by atoms with E-state index in [0.717, 1.165) is 12.5 Å². The highest BCUT2D eigenvalue weighted by molar-refractivity contribution is 5.90. The topological polar surface area (TPSA) is 78.4 Å². The SMILES string of the molecule is O=C(NCC1(C(=O)O)CCC1)Nc1cccc(F)c1F. The third-order valence-electron chi connectivity index (χ3n) is 3.55. The van der Waals surface area contributed by atoms with E-state index in [1.54, 1.807) is 0 Å². The van der Waals surface area contributed by atoms with Crippen LogP contribution in [0.15, 0.2) is 18.2 Å². The lowest BCUT2D eigenvalue weighted by Crippen LogP contribution is -2.48. The molecule has 5 nitrogen and oxygen atoms in total. The maximum atomic E-state index is 13.3. The third kappa shape index (κ3) is 2.71. The van der Waals surface area contributed by atoms with Crippen molar-refractivity contribution in [2.24, 2.45) is 5.41 Å². The number of carbonyl (C=O) groups is 2. The van der Waals surface area contributed by atoms with Gasteiger partial charge in [-0.15, -0.1) is 0 Å². The summed E-state index contributed by atoms with van der Waals surface area (Å²) < 4.78 is 26.3. The Hall–Kier alpha value is -2.18. The van der Waals surface area contributed by atoms with Gasteiger partial charge in [0, 0.05) is 6.54 Å². The van der Waals surface area contributed by atoms with Crippen LogP contribution < -0.4 is 10.6 Å². The number of rotatable bonds is 4. The molecule has 1 aromatic carbocycles. The van der Waals surface area contributed by atoms with Gasteiger partial charge >= 0.3 is 12.0 Å². The summed E-state index contributed by atoms with van der Waals surface area (Å²) in [6.45, 7) is -0.0366. The molecule has 0 saturated heterocycles. The highest BCUT2D eigenvalue weighted by Gasteiger charge is 2.44. The molecule has 2 amide bonds. The van der Waals surface area contributed by atoms with Gasteiger partial charge in [-0.05, 0) is 25.0 Å². The molecule has 0 spiro atoms. The van der Waals surface area contributed by atoms with Crippen molar-refractivity contribution in [1.29, 1.82) is 0 Å². The second-order valence-corrected chi connectivity index (χ2v) is 4.85. The number of aliphatic carboxylic acids is 1. The zero-order valence-corrected chi connectivity index (χ0v) is 10.6. The zero-order valence-electron chi connectivity index (χ0n) is 10.6. The van der Waals surface area contributed by atoms with Crippen LogP contribution in [-0.2, 0) is 4.79 Å². The van der Waals surface area contributed by atoms with Crippen LogP contribution in [0.3, 0.4) is 0 Å². The Morgan fingerprint density at radius 3 is 2.55 bits per heavy atom.